The molecule has 1 aromatic heterocycles. The van der Waals surface area contributed by atoms with Crippen LogP contribution in [0.15, 0.2) is 54.4 Å². The highest BCUT2D eigenvalue weighted by atomic mass is 16.5. The van der Waals surface area contributed by atoms with Gasteiger partial charge in [-0.1, -0.05) is 12.1 Å². The van der Waals surface area contributed by atoms with Crippen molar-refractivity contribution in [2.24, 2.45) is 0 Å². The smallest absolute Gasteiger partial charge is 0.266 e. The molecule has 0 saturated heterocycles. The van der Waals surface area contributed by atoms with Crippen molar-refractivity contribution in [1.29, 1.82) is 5.26 Å². The highest BCUT2D eigenvalue weighted by molar-refractivity contribution is 6.09. The van der Waals surface area contributed by atoms with E-state index >= 15 is 0 Å². The number of hydrogen-bond acceptors (Lipinski definition) is 4. The van der Waals surface area contributed by atoms with Crippen molar-refractivity contribution in [3.05, 3.63) is 59.9 Å². The number of aromatic nitrogens is 1. The molecular formula is C17H15N3O2. The normalized spacial score (nSPS) is 10.6. The number of nitrogens with one attached hydrogen (secondary N) is 1. The quantitative estimate of drug-likeness (QED) is 0.679. The topological polar surface area (TPSA) is 75.0 Å². The molecule has 1 amide bonds. The van der Waals surface area contributed by atoms with Crippen LogP contribution in [-0.2, 0) is 4.79 Å². The fourth-order valence-electron chi connectivity index (χ4n) is 1.78. The molecule has 0 atom stereocenters. The van der Waals surface area contributed by atoms with Crippen molar-refractivity contribution >= 4 is 17.7 Å². The summed E-state index contributed by atoms with van der Waals surface area (Å²) < 4.78 is 5.35. The van der Waals surface area contributed by atoms with Gasteiger partial charge in [-0.15, -0.1) is 0 Å². The summed E-state index contributed by atoms with van der Waals surface area (Å²) in [4.78, 5) is 16.0. The predicted molar refractivity (Wildman–Crippen MR) is 84.1 cm³/mol. The average Bonchev–Trinajstić information content (AvgIpc) is 2.55. The van der Waals surface area contributed by atoms with Gasteiger partial charge in [0.15, 0.2) is 0 Å². The van der Waals surface area contributed by atoms with Gasteiger partial charge < -0.3 is 10.1 Å². The molecule has 2 aromatic rings. The maximum absolute atomic E-state index is 12.1. The Morgan fingerprint density at radius 1 is 1.36 bits per heavy atom. The van der Waals surface area contributed by atoms with Gasteiger partial charge >= 0.3 is 0 Å². The first-order valence-corrected chi connectivity index (χ1v) is 6.79. The van der Waals surface area contributed by atoms with Gasteiger partial charge in [-0.25, -0.2) is 0 Å². The summed E-state index contributed by atoms with van der Waals surface area (Å²) in [5, 5.41) is 11.8. The van der Waals surface area contributed by atoms with Crippen molar-refractivity contribution in [3.63, 3.8) is 0 Å². The van der Waals surface area contributed by atoms with Crippen molar-refractivity contribution in [1.82, 2.24) is 4.98 Å². The molecule has 0 unspecified atom stereocenters. The number of carbonyl (C=O) groups excluding carboxylic acids is 1. The average molecular weight is 293 g/mol. The van der Waals surface area contributed by atoms with Crippen LogP contribution in [0.2, 0.25) is 0 Å². The number of ether oxygens (including phenoxy) is 1. The first-order valence-electron chi connectivity index (χ1n) is 6.79. The number of benzene rings is 1. The van der Waals surface area contributed by atoms with E-state index in [0.29, 0.717) is 12.3 Å². The van der Waals surface area contributed by atoms with E-state index in [-0.39, 0.29) is 5.57 Å². The van der Waals surface area contributed by atoms with E-state index in [1.807, 2.05) is 13.0 Å². The Hall–Kier alpha value is -3.13. The summed E-state index contributed by atoms with van der Waals surface area (Å²) in [6.45, 7) is 2.50. The summed E-state index contributed by atoms with van der Waals surface area (Å²) in [6, 6.07) is 12.5. The van der Waals surface area contributed by atoms with Crippen LogP contribution in [0.3, 0.4) is 0 Å². The lowest BCUT2D eigenvalue weighted by Crippen LogP contribution is -2.13. The molecule has 0 aliphatic carbocycles. The molecule has 0 bridgehead atoms. The molecule has 0 aliphatic heterocycles. The maximum atomic E-state index is 12.1. The predicted octanol–water partition coefficient (Wildman–Crippen LogP) is 3.03. The zero-order chi connectivity index (χ0) is 15.8. The lowest BCUT2D eigenvalue weighted by Gasteiger charge is -2.04. The van der Waals surface area contributed by atoms with Crippen LogP contribution in [-0.4, -0.2) is 17.5 Å². The van der Waals surface area contributed by atoms with E-state index in [4.69, 9.17) is 10.00 Å². The van der Waals surface area contributed by atoms with Gasteiger partial charge in [-0.2, -0.15) is 5.26 Å². The zero-order valence-electron chi connectivity index (χ0n) is 12.1. The number of anilines is 1. The molecule has 110 valence electrons. The minimum absolute atomic E-state index is 0.0213. The molecule has 5 nitrogen and oxygen atoms in total. The van der Waals surface area contributed by atoms with Gasteiger partial charge in [-0.05, 0) is 42.8 Å². The van der Waals surface area contributed by atoms with Gasteiger partial charge in [-0.3, -0.25) is 9.78 Å². The second kappa shape index (κ2) is 7.60. The first kappa shape index (κ1) is 15.3. The monoisotopic (exact) mass is 293 g/mol. The van der Waals surface area contributed by atoms with E-state index in [0.717, 1.165) is 11.3 Å². The molecule has 5 heteroatoms. The number of carbonyl (C=O) groups is 1. The van der Waals surface area contributed by atoms with Crippen LogP contribution in [0.4, 0.5) is 5.69 Å². The van der Waals surface area contributed by atoms with Crippen molar-refractivity contribution in [3.8, 4) is 11.8 Å². The van der Waals surface area contributed by atoms with E-state index in [2.05, 4.69) is 10.3 Å². The van der Waals surface area contributed by atoms with Crippen molar-refractivity contribution in [2.45, 2.75) is 6.92 Å². The third-order valence-electron chi connectivity index (χ3n) is 2.79. The SMILES string of the molecule is CCOc1ccc(C=C(C#N)C(=O)Nc2cccnc2)cc1. The summed E-state index contributed by atoms with van der Waals surface area (Å²) in [5.74, 6) is 0.280. The van der Waals surface area contributed by atoms with Crippen LogP contribution < -0.4 is 10.1 Å². The van der Waals surface area contributed by atoms with Crippen LogP contribution in [0.5, 0.6) is 5.75 Å². The third kappa shape index (κ3) is 4.18. The number of nitrogens with zero attached hydrogens (tertiary/aromatic N) is 2. The number of nitriles is 1. The fourth-order valence-corrected chi connectivity index (χ4v) is 1.78. The second-order valence-corrected chi connectivity index (χ2v) is 4.37. The Morgan fingerprint density at radius 2 is 2.14 bits per heavy atom. The molecule has 1 heterocycles. The van der Waals surface area contributed by atoms with Crippen LogP contribution in [0.1, 0.15) is 12.5 Å². The van der Waals surface area contributed by atoms with Crippen LogP contribution in [0.25, 0.3) is 6.08 Å². The van der Waals surface area contributed by atoms with E-state index in [1.165, 1.54) is 12.3 Å². The van der Waals surface area contributed by atoms with Gasteiger partial charge in [0.25, 0.3) is 5.91 Å². The van der Waals surface area contributed by atoms with Crippen LogP contribution in [0, 0.1) is 11.3 Å². The highest BCUT2D eigenvalue weighted by Gasteiger charge is 2.09. The van der Waals surface area contributed by atoms with Crippen molar-refractivity contribution in [2.75, 3.05) is 11.9 Å². The fraction of sp³-hybridized carbons (Fsp3) is 0.118. The molecule has 0 aliphatic rings. The Labute approximate surface area is 128 Å². The number of pyridine rings is 1. The Bertz CT molecular complexity index is 701. The lowest BCUT2D eigenvalue weighted by atomic mass is 10.1. The third-order valence-corrected chi connectivity index (χ3v) is 2.79. The lowest BCUT2D eigenvalue weighted by molar-refractivity contribution is -0.112. The zero-order valence-corrected chi connectivity index (χ0v) is 12.1. The van der Waals surface area contributed by atoms with E-state index in [9.17, 15) is 4.79 Å². The molecule has 0 radical (unpaired) electrons. The van der Waals surface area contributed by atoms with Crippen LogP contribution >= 0.6 is 0 Å². The molecule has 2 rings (SSSR count). The summed E-state index contributed by atoms with van der Waals surface area (Å²) in [5.41, 5.74) is 1.31. The standard InChI is InChI=1S/C17H15N3O2/c1-2-22-16-7-5-13(6-8-16)10-14(11-18)17(21)20-15-4-3-9-19-12-15/h3-10,12H,2H2,1H3,(H,20,21). The van der Waals surface area contributed by atoms with E-state index in [1.54, 1.807) is 42.6 Å². The largest absolute Gasteiger partial charge is 0.494 e. The maximum Gasteiger partial charge on any atom is 0.266 e. The Balaban J connectivity index is 2.13. The number of amides is 1. The molecule has 1 N–H and O–H groups in total. The molecule has 0 spiro atoms. The molecular weight excluding hydrogens is 278 g/mol. The van der Waals surface area contributed by atoms with E-state index < -0.39 is 5.91 Å². The van der Waals surface area contributed by atoms with Gasteiger partial charge in [0.2, 0.25) is 0 Å². The molecule has 0 fully saturated rings. The summed E-state index contributed by atoms with van der Waals surface area (Å²) in [7, 11) is 0. The minimum Gasteiger partial charge on any atom is -0.494 e. The van der Waals surface area contributed by atoms with Gasteiger partial charge in [0, 0.05) is 6.20 Å². The number of rotatable bonds is 5. The van der Waals surface area contributed by atoms with Crippen molar-refractivity contribution < 1.29 is 9.53 Å². The molecule has 0 saturated carbocycles. The second-order valence-electron chi connectivity index (χ2n) is 4.37. The number of hydrogen-bond donors (Lipinski definition) is 1. The first-order chi connectivity index (χ1) is 10.7. The summed E-state index contributed by atoms with van der Waals surface area (Å²) in [6.07, 6.45) is 4.65. The molecule has 22 heavy (non-hydrogen) atoms. The highest BCUT2D eigenvalue weighted by Crippen LogP contribution is 2.15. The Morgan fingerprint density at radius 3 is 2.73 bits per heavy atom. The minimum atomic E-state index is -0.468. The molecule has 1 aromatic carbocycles. The van der Waals surface area contributed by atoms with Gasteiger partial charge in [0.05, 0.1) is 18.5 Å². The Kier molecular flexibility index (Phi) is 5.27. The summed E-state index contributed by atoms with van der Waals surface area (Å²) >= 11 is 0. The van der Waals surface area contributed by atoms with Gasteiger partial charge in [0.1, 0.15) is 17.4 Å².